The summed E-state index contributed by atoms with van der Waals surface area (Å²) < 4.78 is 9.38. The number of amides is 1. The zero-order valence-corrected chi connectivity index (χ0v) is 20.6. The van der Waals surface area contributed by atoms with Gasteiger partial charge in [0.1, 0.15) is 4.66 Å². The van der Waals surface area contributed by atoms with Gasteiger partial charge in [0.05, 0.1) is 18.4 Å². The molecule has 9 nitrogen and oxygen atoms in total. The quantitative estimate of drug-likeness (QED) is 0.441. The highest BCUT2D eigenvalue weighted by Crippen LogP contribution is 2.21. The van der Waals surface area contributed by atoms with Crippen LogP contribution in [0.1, 0.15) is 22.5 Å². The molecule has 4 heterocycles. The maximum atomic E-state index is 12.9. The minimum atomic E-state index is -0.476. The molecule has 1 aromatic carbocycles. The Morgan fingerprint density at radius 3 is 2.60 bits per heavy atom. The molecular weight excluding hydrogens is 464 g/mol. The second-order valence-corrected chi connectivity index (χ2v) is 9.61. The molecule has 3 aliphatic heterocycles. The van der Waals surface area contributed by atoms with Gasteiger partial charge in [-0.3, -0.25) is 20.1 Å². The Balaban J connectivity index is 1.58. The fourth-order valence-corrected chi connectivity index (χ4v) is 5.13. The first-order valence-electron chi connectivity index (χ1n) is 11.3. The molecule has 1 amide bonds. The number of hydrogen-bond acceptors (Lipinski definition) is 6. The average molecular weight is 491 g/mol. The van der Waals surface area contributed by atoms with Crippen LogP contribution < -0.4 is 20.9 Å². The molecule has 1 fully saturated rings. The minimum absolute atomic E-state index is 0.00476. The van der Waals surface area contributed by atoms with E-state index in [1.165, 1.54) is 27.7 Å². The van der Waals surface area contributed by atoms with Crippen molar-refractivity contribution in [3.63, 3.8) is 0 Å². The van der Waals surface area contributed by atoms with E-state index < -0.39 is 5.56 Å². The number of aryl methyl sites for hydroxylation is 2. The normalized spacial score (nSPS) is 15.3. The Hall–Kier alpha value is -3.76. The van der Waals surface area contributed by atoms with Crippen LogP contribution in [0.15, 0.2) is 35.1 Å². The van der Waals surface area contributed by atoms with Gasteiger partial charge in [-0.25, -0.2) is 4.68 Å². The Labute approximate surface area is 205 Å². The van der Waals surface area contributed by atoms with Gasteiger partial charge >= 0.3 is 0 Å². The molecule has 3 aliphatic rings. The van der Waals surface area contributed by atoms with E-state index in [1.807, 2.05) is 26.8 Å². The Kier molecular flexibility index (Phi) is 6.00. The van der Waals surface area contributed by atoms with E-state index in [2.05, 4.69) is 38.9 Å². The molecule has 2 aromatic rings. The van der Waals surface area contributed by atoms with Gasteiger partial charge in [-0.1, -0.05) is 29.0 Å². The van der Waals surface area contributed by atoms with Gasteiger partial charge in [0.15, 0.2) is 5.49 Å². The number of rotatable bonds is 3. The van der Waals surface area contributed by atoms with E-state index in [9.17, 15) is 9.59 Å². The average Bonchev–Trinajstić information content (AvgIpc) is 3.37. The topological polar surface area (TPSA) is 109 Å². The smallest absolute Gasteiger partial charge is 0.283 e. The van der Waals surface area contributed by atoms with Crippen molar-refractivity contribution < 1.29 is 9.53 Å². The lowest BCUT2D eigenvalue weighted by Gasteiger charge is -2.25. The van der Waals surface area contributed by atoms with Crippen molar-refractivity contribution in [3.8, 4) is 10.8 Å². The van der Waals surface area contributed by atoms with Gasteiger partial charge in [-0.2, -0.15) is 4.98 Å². The lowest BCUT2D eigenvalue weighted by molar-refractivity contribution is -0.128. The molecule has 0 radical (unpaired) electrons. The zero-order chi connectivity index (χ0) is 24.7. The Morgan fingerprint density at radius 1 is 1.17 bits per heavy atom. The van der Waals surface area contributed by atoms with Crippen LogP contribution in [0, 0.1) is 26.2 Å². The molecule has 0 aliphatic carbocycles. The van der Waals surface area contributed by atoms with Crippen LogP contribution >= 0.6 is 11.3 Å². The monoisotopic (exact) mass is 490 g/mol. The van der Waals surface area contributed by atoms with E-state index >= 15 is 0 Å². The number of benzene rings is 1. The summed E-state index contributed by atoms with van der Waals surface area (Å²) in [6.45, 7) is 8.18. The molecule has 1 saturated heterocycles. The van der Waals surface area contributed by atoms with E-state index in [0.29, 0.717) is 36.1 Å². The molecular formula is C25H26N6O3S. The minimum Gasteiger partial charge on any atom is -0.378 e. The largest absolute Gasteiger partial charge is 0.378 e. The van der Waals surface area contributed by atoms with Crippen molar-refractivity contribution >= 4 is 29.4 Å². The fraction of sp³-hybridized carbons (Fsp3) is 0.280. The number of carbonyl (C=O) groups excluding carboxylic acids is 1. The predicted molar refractivity (Wildman–Crippen MR) is 134 cm³/mol. The Bertz CT molecular complexity index is 1620. The summed E-state index contributed by atoms with van der Waals surface area (Å²) in [5.41, 5.74) is 4.59. The van der Waals surface area contributed by atoms with E-state index in [0.717, 1.165) is 22.6 Å². The molecule has 5 rings (SSSR count). The molecule has 1 aromatic heterocycles. The van der Waals surface area contributed by atoms with E-state index in [4.69, 9.17) is 10.1 Å². The summed E-state index contributed by atoms with van der Waals surface area (Å²) in [5, 5.41) is 12.2. The summed E-state index contributed by atoms with van der Waals surface area (Å²) in [6, 6.07) is 10.3. The van der Waals surface area contributed by atoms with Gasteiger partial charge in [-0.15, -0.1) is 0 Å². The number of fused-ring (bicyclic) bond motifs is 1. The van der Waals surface area contributed by atoms with Gasteiger partial charge in [0.2, 0.25) is 11.0 Å². The molecule has 0 saturated carbocycles. The van der Waals surface area contributed by atoms with Crippen molar-refractivity contribution in [3.05, 3.63) is 78.6 Å². The summed E-state index contributed by atoms with van der Waals surface area (Å²) >= 11 is 1.17. The maximum Gasteiger partial charge on any atom is 0.283 e. The number of H-pyrrole nitrogens is 1. The van der Waals surface area contributed by atoms with Crippen LogP contribution in [0.4, 0.5) is 0 Å². The lowest BCUT2D eigenvalue weighted by Crippen LogP contribution is -2.47. The summed E-state index contributed by atoms with van der Waals surface area (Å²) in [4.78, 5) is 31.3. The number of hydrogen-bond donors (Lipinski definition) is 2. The number of aromatic amines is 1. The van der Waals surface area contributed by atoms with Crippen molar-refractivity contribution in [2.75, 3.05) is 26.3 Å². The molecule has 2 N–H and O–H groups in total. The number of morpholine rings is 1. The summed E-state index contributed by atoms with van der Waals surface area (Å²) in [6.07, 6.45) is 3.19. The Morgan fingerprint density at radius 2 is 1.89 bits per heavy atom. The standard InChI is InChI=1S/C25H26N6O3S/c1-15-4-6-19(7-5-15)30-16(2)12-18(17(30)3)13-20-23(26)31-25(27-24(20)33)35-21(28-31)14-22(32)29-8-10-34-11-9-29/h4-7,12-14,26,28H,8-11H2,1-3H3/b20-13+,21-14+,26-23?. The molecule has 0 unspecified atom stereocenters. The van der Waals surface area contributed by atoms with Crippen LogP contribution in [0.3, 0.4) is 0 Å². The van der Waals surface area contributed by atoms with Crippen LogP contribution in [0.2, 0.25) is 0 Å². The van der Waals surface area contributed by atoms with Crippen LogP contribution in [-0.2, 0) is 9.53 Å². The highest BCUT2D eigenvalue weighted by molar-refractivity contribution is 7.11. The van der Waals surface area contributed by atoms with E-state index in [-0.39, 0.29) is 16.6 Å². The first kappa shape index (κ1) is 23.0. The fourth-order valence-electron chi connectivity index (χ4n) is 4.28. The predicted octanol–water partition coefficient (Wildman–Crippen LogP) is 0.723. The van der Waals surface area contributed by atoms with E-state index in [1.54, 1.807) is 11.0 Å². The lowest BCUT2D eigenvalue weighted by atomic mass is 10.2. The third kappa shape index (κ3) is 4.38. The molecule has 0 atom stereocenters. The van der Waals surface area contributed by atoms with Crippen LogP contribution in [0.5, 0.6) is 0 Å². The third-order valence-corrected chi connectivity index (χ3v) is 7.05. The SMILES string of the molecule is Cc1ccc(-n2c(C)cc(/C=c3/c(=O)nc4s/c(=C/C(=O)N5CCOCC5)[nH]n-4c3=N)c2C)cc1. The van der Waals surface area contributed by atoms with Gasteiger partial charge in [0, 0.05) is 36.2 Å². The number of aromatic nitrogens is 4. The second-order valence-electron chi connectivity index (χ2n) is 8.60. The molecule has 180 valence electrons. The third-order valence-electron chi connectivity index (χ3n) is 6.16. The highest BCUT2D eigenvalue weighted by Gasteiger charge is 2.16. The molecule has 35 heavy (non-hydrogen) atoms. The van der Waals surface area contributed by atoms with Crippen LogP contribution in [-0.4, -0.2) is 56.4 Å². The maximum absolute atomic E-state index is 12.9. The van der Waals surface area contributed by atoms with Gasteiger partial charge in [-0.05, 0) is 50.6 Å². The number of nitrogens with zero attached hydrogens (tertiary/aromatic N) is 4. The number of nitrogens with one attached hydrogen (secondary N) is 2. The zero-order valence-electron chi connectivity index (χ0n) is 19.8. The number of carbonyl (C=O) groups is 1. The molecule has 0 bridgehead atoms. The van der Waals surface area contributed by atoms with Crippen molar-refractivity contribution in [1.82, 2.24) is 24.2 Å². The van der Waals surface area contributed by atoms with Crippen LogP contribution in [0.25, 0.3) is 23.0 Å². The van der Waals surface area contributed by atoms with Crippen molar-refractivity contribution in [1.29, 1.82) is 5.41 Å². The first-order chi connectivity index (χ1) is 16.8. The molecule has 10 heteroatoms. The number of ether oxygens (including phenoxy) is 1. The van der Waals surface area contributed by atoms with Gasteiger partial charge in [0.25, 0.3) is 5.56 Å². The summed E-state index contributed by atoms with van der Waals surface area (Å²) in [5.74, 6) is -0.138. The van der Waals surface area contributed by atoms with Gasteiger partial charge < -0.3 is 14.2 Å². The highest BCUT2D eigenvalue weighted by atomic mass is 32.1. The summed E-state index contributed by atoms with van der Waals surface area (Å²) in [7, 11) is 0. The second kappa shape index (κ2) is 9.12. The van der Waals surface area contributed by atoms with Crippen molar-refractivity contribution in [2.24, 2.45) is 0 Å². The molecule has 0 spiro atoms. The van der Waals surface area contributed by atoms with Crippen molar-refractivity contribution in [2.45, 2.75) is 20.8 Å². The first-order valence-corrected chi connectivity index (χ1v) is 12.2.